The second-order valence-electron chi connectivity index (χ2n) is 4.53. The van der Waals surface area contributed by atoms with E-state index in [-0.39, 0.29) is 0 Å². The molecule has 0 aliphatic rings. The molecule has 0 radical (unpaired) electrons. The van der Waals surface area contributed by atoms with Crippen molar-refractivity contribution in [3.63, 3.8) is 0 Å². The molecule has 0 saturated carbocycles. The first kappa shape index (κ1) is 15.0. The molecule has 0 aliphatic carbocycles. The molecule has 0 aromatic heterocycles. The van der Waals surface area contributed by atoms with Crippen molar-refractivity contribution in [2.24, 2.45) is 0 Å². The van der Waals surface area contributed by atoms with E-state index in [0.29, 0.717) is 0 Å². The molecular weight excluding hydrogens is 192 g/mol. The fraction of sp³-hybridized carbons (Fsp3) is 0.625. The Hall–Kier alpha value is -0.960. The highest BCUT2D eigenvalue weighted by molar-refractivity contribution is 5.09. The van der Waals surface area contributed by atoms with Crippen molar-refractivity contribution in [2.45, 2.75) is 66.2 Å². The van der Waals surface area contributed by atoms with E-state index < -0.39 is 0 Å². The SMILES string of the molecule is CCCCC#CCC=C(C)CCC=C(C)C. The average Bonchev–Trinajstić information content (AvgIpc) is 2.22. The molecule has 0 saturated heterocycles. The number of hydrogen-bond donors (Lipinski definition) is 0. The minimum Gasteiger partial charge on any atom is -0.103 e. The zero-order valence-electron chi connectivity index (χ0n) is 11.4. The summed E-state index contributed by atoms with van der Waals surface area (Å²) in [6, 6.07) is 0. The number of allylic oxidation sites excluding steroid dienone is 4. The molecule has 16 heavy (non-hydrogen) atoms. The van der Waals surface area contributed by atoms with Gasteiger partial charge in [0.15, 0.2) is 0 Å². The Morgan fingerprint density at radius 3 is 2.44 bits per heavy atom. The average molecular weight is 218 g/mol. The summed E-state index contributed by atoms with van der Waals surface area (Å²) in [5.41, 5.74) is 2.87. The third-order valence-corrected chi connectivity index (χ3v) is 2.42. The Kier molecular flexibility index (Phi) is 9.92. The first-order valence-corrected chi connectivity index (χ1v) is 6.41. The van der Waals surface area contributed by atoms with Crippen molar-refractivity contribution < 1.29 is 0 Å². The van der Waals surface area contributed by atoms with E-state index in [9.17, 15) is 0 Å². The third kappa shape index (κ3) is 11.1. The van der Waals surface area contributed by atoms with Gasteiger partial charge in [-0.3, -0.25) is 0 Å². The summed E-state index contributed by atoms with van der Waals surface area (Å²) in [6.07, 6.45) is 11.3. The fourth-order valence-electron chi connectivity index (χ4n) is 1.34. The van der Waals surface area contributed by atoms with Crippen LogP contribution in [0.15, 0.2) is 23.3 Å². The first-order chi connectivity index (χ1) is 7.66. The van der Waals surface area contributed by atoms with E-state index in [4.69, 9.17) is 0 Å². The van der Waals surface area contributed by atoms with E-state index in [2.05, 4.69) is 51.7 Å². The molecule has 0 aromatic rings. The van der Waals surface area contributed by atoms with Crippen LogP contribution in [0.4, 0.5) is 0 Å². The first-order valence-electron chi connectivity index (χ1n) is 6.41. The summed E-state index contributed by atoms with van der Waals surface area (Å²) in [7, 11) is 0. The van der Waals surface area contributed by atoms with E-state index in [1.165, 1.54) is 30.4 Å². The maximum absolute atomic E-state index is 3.21. The van der Waals surface area contributed by atoms with Gasteiger partial charge >= 0.3 is 0 Å². The van der Waals surface area contributed by atoms with Crippen LogP contribution in [0.25, 0.3) is 0 Å². The smallest absolute Gasteiger partial charge is 0.0272 e. The molecule has 0 heteroatoms. The fourth-order valence-corrected chi connectivity index (χ4v) is 1.34. The van der Waals surface area contributed by atoms with Gasteiger partial charge in [-0.15, -0.1) is 5.92 Å². The van der Waals surface area contributed by atoms with Gasteiger partial charge in [0.2, 0.25) is 0 Å². The monoisotopic (exact) mass is 218 g/mol. The predicted molar refractivity (Wildman–Crippen MR) is 74.3 cm³/mol. The van der Waals surface area contributed by atoms with Crippen LogP contribution in [0.3, 0.4) is 0 Å². The molecule has 0 atom stereocenters. The van der Waals surface area contributed by atoms with Gasteiger partial charge in [-0.1, -0.05) is 42.6 Å². The predicted octanol–water partition coefficient (Wildman–Crippen LogP) is 5.26. The Morgan fingerprint density at radius 2 is 1.81 bits per heavy atom. The molecule has 0 N–H and O–H groups in total. The van der Waals surface area contributed by atoms with Crippen molar-refractivity contribution in [3.8, 4) is 11.8 Å². The maximum Gasteiger partial charge on any atom is 0.0272 e. The Morgan fingerprint density at radius 1 is 1.06 bits per heavy atom. The molecule has 0 aliphatic heterocycles. The highest BCUT2D eigenvalue weighted by Crippen LogP contribution is 2.07. The lowest BCUT2D eigenvalue weighted by Crippen LogP contribution is -1.77. The van der Waals surface area contributed by atoms with Crippen LogP contribution in [-0.4, -0.2) is 0 Å². The molecule has 0 spiro atoms. The normalized spacial score (nSPS) is 10.6. The van der Waals surface area contributed by atoms with Crippen molar-refractivity contribution in [1.82, 2.24) is 0 Å². The van der Waals surface area contributed by atoms with Crippen LogP contribution in [0.2, 0.25) is 0 Å². The lowest BCUT2D eigenvalue weighted by atomic mass is 10.1. The van der Waals surface area contributed by atoms with Crippen LogP contribution in [-0.2, 0) is 0 Å². The van der Waals surface area contributed by atoms with Crippen molar-refractivity contribution in [1.29, 1.82) is 0 Å². The van der Waals surface area contributed by atoms with Crippen LogP contribution in [0.5, 0.6) is 0 Å². The van der Waals surface area contributed by atoms with E-state index in [0.717, 1.165) is 19.3 Å². The third-order valence-electron chi connectivity index (χ3n) is 2.42. The zero-order valence-corrected chi connectivity index (χ0v) is 11.4. The van der Waals surface area contributed by atoms with Gasteiger partial charge < -0.3 is 0 Å². The molecule has 90 valence electrons. The topological polar surface area (TPSA) is 0 Å². The maximum atomic E-state index is 3.21. The second kappa shape index (κ2) is 10.6. The molecule has 0 bridgehead atoms. The highest BCUT2D eigenvalue weighted by atomic mass is 13.9. The molecule has 0 fully saturated rings. The molecule has 0 rings (SSSR count). The van der Waals surface area contributed by atoms with Crippen molar-refractivity contribution >= 4 is 0 Å². The Labute approximate surface area is 102 Å². The molecular formula is C16H26. The summed E-state index contributed by atoms with van der Waals surface area (Å²) in [5, 5.41) is 0. The zero-order chi connectivity index (χ0) is 12.2. The highest BCUT2D eigenvalue weighted by Gasteiger charge is 1.87. The van der Waals surface area contributed by atoms with Crippen molar-refractivity contribution in [2.75, 3.05) is 0 Å². The van der Waals surface area contributed by atoms with Gasteiger partial charge in [-0.2, -0.15) is 0 Å². The standard InChI is InChI=1S/C16H26/c1-5-6-7-8-9-10-13-16(4)14-11-12-15(2)3/h12-13H,5-7,10-11,14H2,1-4H3. The van der Waals surface area contributed by atoms with Gasteiger partial charge in [0.1, 0.15) is 0 Å². The van der Waals surface area contributed by atoms with Crippen molar-refractivity contribution in [3.05, 3.63) is 23.3 Å². The van der Waals surface area contributed by atoms with Crippen LogP contribution >= 0.6 is 0 Å². The lowest BCUT2D eigenvalue weighted by molar-refractivity contribution is 0.827. The van der Waals surface area contributed by atoms with Gasteiger partial charge in [0.05, 0.1) is 0 Å². The van der Waals surface area contributed by atoms with Crippen LogP contribution in [0.1, 0.15) is 66.2 Å². The molecule has 0 unspecified atom stereocenters. The summed E-state index contributed by atoms with van der Waals surface area (Å²) in [6.45, 7) is 8.71. The molecule has 0 nitrogen and oxygen atoms in total. The van der Waals surface area contributed by atoms with E-state index >= 15 is 0 Å². The summed E-state index contributed by atoms with van der Waals surface area (Å²) >= 11 is 0. The van der Waals surface area contributed by atoms with E-state index in [1.54, 1.807) is 0 Å². The molecule has 0 aromatic carbocycles. The Bertz CT molecular complexity index is 277. The molecule has 0 heterocycles. The van der Waals surface area contributed by atoms with Crippen LogP contribution in [0, 0.1) is 11.8 Å². The number of hydrogen-bond acceptors (Lipinski definition) is 0. The number of rotatable bonds is 6. The van der Waals surface area contributed by atoms with E-state index in [1.807, 2.05) is 0 Å². The minimum atomic E-state index is 0.921. The largest absolute Gasteiger partial charge is 0.103 e. The van der Waals surface area contributed by atoms with Gasteiger partial charge in [0, 0.05) is 12.8 Å². The quantitative estimate of drug-likeness (QED) is 0.324. The summed E-state index contributed by atoms with van der Waals surface area (Å²) in [5.74, 6) is 6.42. The van der Waals surface area contributed by atoms with Crippen LogP contribution < -0.4 is 0 Å². The second-order valence-corrected chi connectivity index (χ2v) is 4.53. The van der Waals surface area contributed by atoms with Gasteiger partial charge in [-0.05, 0) is 40.0 Å². The number of unbranched alkanes of at least 4 members (excludes halogenated alkanes) is 2. The summed E-state index contributed by atoms with van der Waals surface area (Å²) < 4.78 is 0. The van der Waals surface area contributed by atoms with Gasteiger partial charge in [0.25, 0.3) is 0 Å². The lowest BCUT2D eigenvalue weighted by Gasteiger charge is -1.96. The minimum absolute atomic E-state index is 0.921. The Balaban J connectivity index is 3.68. The summed E-state index contributed by atoms with van der Waals surface area (Å²) in [4.78, 5) is 0. The molecule has 0 amide bonds. The van der Waals surface area contributed by atoms with Gasteiger partial charge in [-0.25, -0.2) is 0 Å².